The van der Waals surface area contributed by atoms with Gasteiger partial charge in [-0.05, 0) is 24.6 Å². The summed E-state index contributed by atoms with van der Waals surface area (Å²) in [6.45, 7) is 4.76. The maximum Gasteiger partial charge on any atom is 0.137 e. The third-order valence-electron chi connectivity index (χ3n) is 3.19. The van der Waals surface area contributed by atoms with Crippen molar-refractivity contribution in [3.8, 4) is 5.75 Å². The van der Waals surface area contributed by atoms with Crippen molar-refractivity contribution >= 4 is 0 Å². The molecule has 4 nitrogen and oxygen atoms in total. The second kappa shape index (κ2) is 5.98. The Morgan fingerprint density at radius 1 is 1.59 bits per heavy atom. The van der Waals surface area contributed by atoms with Crippen molar-refractivity contribution in [2.45, 2.75) is 19.4 Å². The number of aromatic nitrogens is 1. The van der Waals surface area contributed by atoms with Gasteiger partial charge in [-0.2, -0.15) is 0 Å². The Bertz CT molecular complexity index is 351. The average Bonchev–Trinajstić information content (AvgIpc) is 2.89. The molecule has 94 valence electrons. The number of ether oxygens (including phenoxy) is 2. The van der Waals surface area contributed by atoms with Crippen LogP contribution in [-0.4, -0.2) is 31.9 Å². The Morgan fingerprint density at radius 2 is 2.47 bits per heavy atom. The molecule has 17 heavy (non-hydrogen) atoms. The molecule has 1 aliphatic heterocycles. The summed E-state index contributed by atoms with van der Waals surface area (Å²) in [7, 11) is 1.67. The molecular formula is C13H20N2O2. The summed E-state index contributed by atoms with van der Waals surface area (Å²) in [6, 6.07) is 2.36. The van der Waals surface area contributed by atoms with Crippen molar-refractivity contribution in [3.63, 3.8) is 0 Å². The van der Waals surface area contributed by atoms with Crippen LogP contribution < -0.4 is 10.1 Å². The normalized spacial score (nSPS) is 21.4. The van der Waals surface area contributed by atoms with Crippen molar-refractivity contribution in [2.75, 3.05) is 26.9 Å². The molecule has 1 saturated heterocycles. The predicted molar refractivity (Wildman–Crippen MR) is 66.1 cm³/mol. The molecule has 0 spiro atoms. The highest BCUT2D eigenvalue weighted by atomic mass is 16.5. The maximum absolute atomic E-state index is 5.47. The molecule has 1 fully saturated rings. The van der Waals surface area contributed by atoms with Gasteiger partial charge >= 0.3 is 0 Å². The van der Waals surface area contributed by atoms with Crippen LogP contribution in [0.4, 0.5) is 0 Å². The van der Waals surface area contributed by atoms with Crippen molar-refractivity contribution in [1.29, 1.82) is 0 Å². The molecule has 1 N–H and O–H groups in total. The number of nitrogens with one attached hydrogen (secondary N) is 1. The van der Waals surface area contributed by atoms with Gasteiger partial charge in [-0.3, -0.25) is 4.98 Å². The first-order valence-corrected chi connectivity index (χ1v) is 6.15. The second-order valence-corrected chi connectivity index (χ2v) is 4.32. The van der Waals surface area contributed by atoms with Crippen LogP contribution in [0.3, 0.4) is 0 Å². The summed E-state index contributed by atoms with van der Waals surface area (Å²) in [5, 5.41) is 3.52. The van der Waals surface area contributed by atoms with Crippen LogP contribution in [0.1, 0.15) is 24.9 Å². The van der Waals surface area contributed by atoms with Crippen LogP contribution in [0.25, 0.3) is 0 Å². The average molecular weight is 236 g/mol. The number of nitrogens with zero attached hydrogens (tertiary/aromatic N) is 1. The molecule has 4 heteroatoms. The standard InChI is InChI=1S/C13H20N2O2/c1-3-15-13(10-4-5-17-9-10)11-6-12(16-2)8-14-7-11/h6-8,10,13,15H,3-5,9H2,1-2H3. The zero-order valence-electron chi connectivity index (χ0n) is 10.5. The fourth-order valence-electron chi connectivity index (χ4n) is 2.31. The van der Waals surface area contributed by atoms with Crippen molar-refractivity contribution < 1.29 is 9.47 Å². The van der Waals surface area contributed by atoms with Gasteiger partial charge in [-0.1, -0.05) is 6.92 Å². The van der Waals surface area contributed by atoms with E-state index in [4.69, 9.17) is 9.47 Å². The largest absolute Gasteiger partial charge is 0.495 e. The Balaban J connectivity index is 2.18. The third-order valence-corrected chi connectivity index (χ3v) is 3.19. The van der Waals surface area contributed by atoms with Crippen LogP contribution >= 0.6 is 0 Å². The first-order valence-electron chi connectivity index (χ1n) is 6.15. The van der Waals surface area contributed by atoms with Crippen LogP contribution in [0.2, 0.25) is 0 Å². The summed E-state index contributed by atoms with van der Waals surface area (Å²) < 4.78 is 10.7. The molecule has 1 aliphatic rings. The topological polar surface area (TPSA) is 43.4 Å². The third kappa shape index (κ3) is 2.96. The lowest BCUT2D eigenvalue weighted by molar-refractivity contribution is 0.177. The van der Waals surface area contributed by atoms with E-state index >= 15 is 0 Å². The lowest BCUT2D eigenvalue weighted by Gasteiger charge is -2.23. The van der Waals surface area contributed by atoms with Crippen molar-refractivity contribution in [1.82, 2.24) is 10.3 Å². The number of methoxy groups -OCH3 is 1. The smallest absolute Gasteiger partial charge is 0.137 e. The van der Waals surface area contributed by atoms with Gasteiger partial charge in [0.25, 0.3) is 0 Å². The van der Waals surface area contributed by atoms with Crippen molar-refractivity contribution in [3.05, 3.63) is 24.0 Å². The first-order chi connectivity index (χ1) is 8.35. The van der Waals surface area contributed by atoms with E-state index in [0.29, 0.717) is 12.0 Å². The van der Waals surface area contributed by atoms with E-state index in [0.717, 1.165) is 31.9 Å². The molecular weight excluding hydrogens is 216 g/mol. The minimum Gasteiger partial charge on any atom is -0.495 e. The first kappa shape index (κ1) is 12.3. The zero-order chi connectivity index (χ0) is 12.1. The minimum atomic E-state index is 0.310. The lowest BCUT2D eigenvalue weighted by Crippen LogP contribution is -2.28. The van der Waals surface area contributed by atoms with E-state index in [1.807, 2.05) is 6.20 Å². The molecule has 0 saturated carbocycles. The van der Waals surface area contributed by atoms with Crippen LogP contribution in [0, 0.1) is 5.92 Å². The zero-order valence-corrected chi connectivity index (χ0v) is 10.5. The molecule has 0 radical (unpaired) electrons. The molecule has 0 aromatic carbocycles. The summed E-state index contributed by atoms with van der Waals surface area (Å²) in [5.74, 6) is 1.34. The van der Waals surface area contributed by atoms with Crippen LogP contribution in [-0.2, 0) is 4.74 Å². The molecule has 2 heterocycles. The summed E-state index contributed by atoms with van der Waals surface area (Å²) >= 11 is 0. The van der Waals surface area contributed by atoms with Gasteiger partial charge in [0.2, 0.25) is 0 Å². The Morgan fingerprint density at radius 3 is 3.12 bits per heavy atom. The van der Waals surface area contributed by atoms with Gasteiger partial charge in [0.1, 0.15) is 5.75 Å². The van der Waals surface area contributed by atoms with Gasteiger partial charge < -0.3 is 14.8 Å². The molecule has 2 atom stereocenters. The van der Waals surface area contributed by atoms with E-state index in [2.05, 4.69) is 23.3 Å². The SMILES string of the molecule is CCNC(c1cncc(OC)c1)C1CCOC1. The summed E-state index contributed by atoms with van der Waals surface area (Å²) in [6.07, 6.45) is 4.75. The van der Waals surface area contributed by atoms with Gasteiger partial charge in [0.15, 0.2) is 0 Å². The highest BCUT2D eigenvalue weighted by Crippen LogP contribution is 2.29. The molecule has 1 aromatic rings. The van der Waals surface area contributed by atoms with Gasteiger partial charge in [0.05, 0.1) is 19.9 Å². The molecule has 0 aliphatic carbocycles. The Labute approximate surface area is 102 Å². The Hall–Kier alpha value is -1.13. The molecule has 2 rings (SSSR count). The summed E-state index contributed by atoms with van der Waals surface area (Å²) in [4.78, 5) is 4.22. The van der Waals surface area contributed by atoms with E-state index in [1.54, 1.807) is 13.3 Å². The highest BCUT2D eigenvalue weighted by Gasteiger charge is 2.26. The molecule has 0 bridgehead atoms. The Kier molecular flexibility index (Phi) is 4.34. The molecule has 2 unspecified atom stereocenters. The second-order valence-electron chi connectivity index (χ2n) is 4.32. The van der Waals surface area contributed by atoms with Gasteiger partial charge in [0, 0.05) is 24.8 Å². The number of pyridine rings is 1. The van der Waals surface area contributed by atoms with E-state index in [9.17, 15) is 0 Å². The van der Waals surface area contributed by atoms with Crippen LogP contribution in [0.5, 0.6) is 5.75 Å². The quantitative estimate of drug-likeness (QED) is 0.846. The molecule has 1 aromatic heterocycles. The molecule has 0 amide bonds. The van der Waals surface area contributed by atoms with Crippen LogP contribution in [0.15, 0.2) is 18.5 Å². The number of hydrogen-bond acceptors (Lipinski definition) is 4. The summed E-state index contributed by atoms with van der Waals surface area (Å²) in [5.41, 5.74) is 1.18. The monoisotopic (exact) mass is 236 g/mol. The number of hydrogen-bond donors (Lipinski definition) is 1. The van der Waals surface area contributed by atoms with E-state index in [-0.39, 0.29) is 0 Å². The predicted octanol–water partition coefficient (Wildman–Crippen LogP) is 1.78. The van der Waals surface area contributed by atoms with Gasteiger partial charge in [-0.15, -0.1) is 0 Å². The fourth-order valence-corrected chi connectivity index (χ4v) is 2.31. The minimum absolute atomic E-state index is 0.310. The lowest BCUT2D eigenvalue weighted by atomic mass is 9.93. The fraction of sp³-hybridized carbons (Fsp3) is 0.615. The highest BCUT2D eigenvalue weighted by molar-refractivity contribution is 5.26. The number of rotatable bonds is 5. The van der Waals surface area contributed by atoms with E-state index < -0.39 is 0 Å². The van der Waals surface area contributed by atoms with Gasteiger partial charge in [-0.25, -0.2) is 0 Å². The van der Waals surface area contributed by atoms with E-state index in [1.165, 1.54) is 5.56 Å². The maximum atomic E-state index is 5.47. The van der Waals surface area contributed by atoms with Crippen molar-refractivity contribution in [2.24, 2.45) is 5.92 Å².